The molecule has 5 heteroatoms. The Morgan fingerprint density at radius 2 is 2.11 bits per heavy atom. The normalized spacial score (nSPS) is 14.7. The monoisotopic (exact) mass is 250 g/mol. The number of ether oxygens (including phenoxy) is 2. The van der Waals surface area contributed by atoms with Crippen LogP contribution >= 0.6 is 0 Å². The fraction of sp³-hybridized carbons (Fsp3) is 0.462. The molecule has 0 bridgehead atoms. The van der Waals surface area contributed by atoms with Crippen molar-refractivity contribution in [2.24, 2.45) is 11.7 Å². The Labute approximate surface area is 106 Å². The summed E-state index contributed by atoms with van der Waals surface area (Å²) in [5.74, 6) is 1.45. The van der Waals surface area contributed by atoms with Crippen LogP contribution in [0.4, 0.5) is 0 Å². The van der Waals surface area contributed by atoms with Crippen LogP contribution in [0.3, 0.4) is 0 Å². The predicted molar refractivity (Wildman–Crippen MR) is 67.2 cm³/mol. The molecule has 2 rings (SSSR count). The first-order valence-corrected chi connectivity index (χ1v) is 5.99. The highest BCUT2D eigenvalue weighted by atomic mass is 16.7. The van der Waals surface area contributed by atoms with E-state index in [1.165, 1.54) is 0 Å². The van der Waals surface area contributed by atoms with Gasteiger partial charge in [0.1, 0.15) is 0 Å². The molecule has 1 heterocycles. The number of rotatable bonds is 4. The smallest absolute Gasteiger partial charge is 0.237 e. The zero-order chi connectivity index (χ0) is 13.1. The molecule has 0 radical (unpaired) electrons. The quantitative estimate of drug-likeness (QED) is 0.836. The number of hydrogen-bond donors (Lipinski definition) is 2. The molecule has 0 saturated carbocycles. The summed E-state index contributed by atoms with van der Waals surface area (Å²) in [6, 6.07) is 5.13. The van der Waals surface area contributed by atoms with Crippen LogP contribution in [-0.4, -0.2) is 18.7 Å². The molecule has 5 nitrogen and oxygen atoms in total. The lowest BCUT2D eigenvalue weighted by Gasteiger charge is -2.15. The largest absolute Gasteiger partial charge is 0.454 e. The maximum absolute atomic E-state index is 11.7. The molecule has 0 aliphatic carbocycles. The zero-order valence-electron chi connectivity index (χ0n) is 10.6. The Morgan fingerprint density at radius 1 is 1.39 bits per heavy atom. The number of nitrogens with one attached hydrogen (secondary N) is 1. The Bertz CT molecular complexity index is 446. The SMILES string of the molecule is CC(C)C(N)C(=O)NCc1ccc2c(c1)OCO2. The van der Waals surface area contributed by atoms with Gasteiger partial charge >= 0.3 is 0 Å². The van der Waals surface area contributed by atoms with E-state index in [9.17, 15) is 4.79 Å². The lowest BCUT2D eigenvalue weighted by atomic mass is 10.0. The molecule has 1 unspecified atom stereocenters. The Hall–Kier alpha value is -1.75. The van der Waals surface area contributed by atoms with E-state index in [2.05, 4.69) is 5.32 Å². The summed E-state index contributed by atoms with van der Waals surface area (Å²) in [5.41, 5.74) is 6.72. The molecule has 1 aliphatic rings. The molecule has 98 valence electrons. The molecular formula is C13H18N2O3. The van der Waals surface area contributed by atoms with Gasteiger partial charge in [0.05, 0.1) is 6.04 Å². The molecule has 1 amide bonds. The molecule has 1 aliphatic heterocycles. The molecule has 18 heavy (non-hydrogen) atoms. The van der Waals surface area contributed by atoms with E-state index in [1.54, 1.807) is 0 Å². The van der Waals surface area contributed by atoms with Crippen molar-refractivity contribution < 1.29 is 14.3 Å². The summed E-state index contributed by atoms with van der Waals surface area (Å²) in [6.45, 7) is 4.54. The first-order chi connectivity index (χ1) is 8.58. The van der Waals surface area contributed by atoms with Gasteiger partial charge in [-0.05, 0) is 23.6 Å². The molecule has 1 aromatic carbocycles. The van der Waals surface area contributed by atoms with Crippen molar-refractivity contribution in [2.45, 2.75) is 26.4 Å². The van der Waals surface area contributed by atoms with Gasteiger partial charge in [0, 0.05) is 6.54 Å². The molecular weight excluding hydrogens is 232 g/mol. The van der Waals surface area contributed by atoms with Crippen molar-refractivity contribution in [1.29, 1.82) is 0 Å². The number of carbonyl (C=O) groups is 1. The second kappa shape index (κ2) is 5.27. The number of nitrogens with two attached hydrogens (primary N) is 1. The van der Waals surface area contributed by atoms with Gasteiger partial charge in [0.2, 0.25) is 12.7 Å². The summed E-state index contributed by atoms with van der Waals surface area (Å²) in [6.07, 6.45) is 0. The van der Waals surface area contributed by atoms with Gasteiger partial charge in [0.25, 0.3) is 0 Å². The van der Waals surface area contributed by atoms with Crippen molar-refractivity contribution >= 4 is 5.91 Å². The van der Waals surface area contributed by atoms with Crippen molar-refractivity contribution in [3.8, 4) is 11.5 Å². The number of amides is 1. The number of hydrogen-bond acceptors (Lipinski definition) is 4. The van der Waals surface area contributed by atoms with Crippen molar-refractivity contribution in [3.63, 3.8) is 0 Å². The minimum atomic E-state index is -0.473. The summed E-state index contributed by atoms with van der Waals surface area (Å²) in [7, 11) is 0. The molecule has 1 aromatic rings. The molecule has 0 aromatic heterocycles. The zero-order valence-corrected chi connectivity index (χ0v) is 10.6. The van der Waals surface area contributed by atoms with Gasteiger partial charge in [-0.1, -0.05) is 19.9 Å². The van der Waals surface area contributed by atoms with Crippen LogP contribution in [0.15, 0.2) is 18.2 Å². The van der Waals surface area contributed by atoms with E-state index in [4.69, 9.17) is 15.2 Å². The Kier molecular flexibility index (Phi) is 3.72. The van der Waals surface area contributed by atoms with Crippen molar-refractivity contribution in [2.75, 3.05) is 6.79 Å². The molecule has 0 fully saturated rings. The van der Waals surface area contributed by atoms with Gasteiger partial charge in [-0.15, -0.1) is 0 Å². The molecule has 3 N–H and O–H groups in total. The fourth-order valence-corrected chi connectivity index (χ4v) is 1.66. The highest BCUT2D eigenvalue weighted by Gasteiger charge is 2.17. The van der Waals surface area contributed by atoms with Crippen molar-refractivity contribution in [3.05, 3.63) is 23.8 Å². The van der Waals surface area contributed by atoms with Crippen LogP contribution < -0.4 is 20.5 Å². The topological polar surface area (TPSA) is 73.6 Å². The maximum Gasteiger partial charge on any atom is 0.237 e. The van der Waals surface area contributed by atoms with Crippen LogP contribution in [0.1, 0.15) is 19.4 Å². The fourth-order valence-electron chi connectivity index (χ4n) is 1.66. The highest BCUT2D eigenvalue weighted by molar-refractivity contribution is 5.81. The van der Waals surface area contributed by atoms with Gasteiger partial charge in [-0.3, -0.25) is 4.79 Å². The van der Waals surface area contributed by atoms with Crippen LogP contribution in [0, 0.1) is 5.92 Å². The summed E-state index contributed by atoms with van der Waals surface area (Å²) in [4.78, 5) is 11.7. The number of carbonyl (C=O) groups excluding carboxylic acids is 1. The van der Waals surface area contributed by atoms with Crippen molar-refractivity contribution in [1.82, 2.24) is 5.32 Å². The van der Waals surface area contributed by atoms with E-state index >= 15 is 0 Å². The van der Waals surface area contributed by atoms with E-state index in [-0.39, 0.29) is 18.6 Å². The first kappa shape index (κ1) is 12.7. The lowest BCUT2D eigenvalue weighted by molar-refractivity contribution is -0.123. The van der Waals surface area contributed by atoms with Gasteiger partial charge < -0.3 is 20.5 Å². The predicted octanol–water partition coefficient (Wildman–Crippen LogP) is 1.01. The van der Waals surface area contributed by atoms with E-state index < -0.39 is 6.04 Å². The lowest BCUT2D eigenvalue weighted by Crippen LogP contribution is -2.43. The van der Waals surface area contributed by atoms with Gasteiger partial charge in [-0.2, -0.15) is 0 Å². The molecule has 0 spiro atoms. The molecule has 1 atom stereocenters. The summed E-state index contributed by atoms with van der Waals surface area (Å²) in [5, 5.41) is 2.81. The standard InChI is InChI=1S/C13H18N2O3/c1-8(2)12(14)13(16)15-6-9-3-4-10-11(5-9)18-7-17-10/h3-5,8,12H,6-7,14H2,1-2H3,(H,15,16). The molecule has 0 saturated heterocycles. The third-order valence-electron chi connectivity index (χ3n) is 2.92. The Morgan fingerprint density at radius 3 is 2.83 bits per heavy atom. The number of benzene rings is 1. The highest BCUT2D eigenvalue weighted by Crippen LogP contribution is 2.32. The number of fused-ring (bicyclic) bond motifs is 1. The van der Waals surface area contributed by atoms with Crippen LogP contribution in [0.2, 0.25) is 0 Å². The van der Waals surface area contributed by atoms with E-state index in [0.717, 1.165) is 17.1 Å². The third-order valence-corrected chi connectivity index (χ3v) is 2.92. The van der Waals surface area contributed by atoms with Gasteiger partial charge in [0.15, 0.2) is 11.5 Å². The average molecular weight is 250 g/mol. The van der Waals surface area contributed by atoms with Crippen LogP contribution in [-0.2, 0) is 11.3 Å². The van der Waals surface area contributed by atoms with E-state index in [0.29, 0.717) is 6.54 Å². The minimum absolute atomic E-state index is 0.127. The van der Waals surface area contributed by atoms with Crippen LogP contribution in [0.25, 0.3) is 0 Å². The average Bonchev–Trinajstić information content (AvgIpc) is 2.82. The third kappa shape index (κ3) is 2.73. The summed E-state index contributed by atoms with van der Waals surface area (Å²) >= 11 is 0. The van der Waals surface area contributed by atoms with E-state index in [1.807, 2.05) is 32.0 Å². The maximum atomic E-state index is 11.7. The summed E-state index contributed by atoms with van der Waals surface area (Å²) < 4.78 is 10.5. The Balaban J connectivity index is 1.93. The van der Waals surface area contributed by atoms with Crippen LogP contribution in [0.5, 0.6) is 11.5 Å². The second-order valence-corrected chi connectivity index (χ2v) is 4.68. The second-order valence-electron chi connectivity index (χ2n) is 4.68. The van der Waals surface area contributed by atoms with Gasteiger partial charge in [-0.25, -0.2) is 0 Å². The first-order valence-electron chi connectivity index (χ1n) is 5.99. The minimum Gasteiger partial charge on any atom is -0.454 e.